The number of amides is 2. The third-order valence-electron chi connectivity index (χ3n) is 3.99. The minimum Gasteiger partial charge on any atom is -0.472 e. The van der Waals surface area contributed by atoms with Gasteiger partial charge in [0, 0.05) is 23.4 Å². The first kappa shape index (κ1) is 24.4. The van der Waals surface area contributed by atoms with E-state index in [-0.39, 0.29) is 40.7 Å². The average Bonchev–Trinajstić information content (AvgIpc) is 2.66. The van der Waals surface area contributed by atoms with Gasteiger partial charge in [0.1, 0.15) is 16.9 Å². The van der Waals surface area contributed by atoms with Crippen LogP contribution in [-0.2, 0) is 11.0 Å². The highest BCUT2D eigenvalue weighted by atomic mass is 35.5. The van der Waals surface area contributed by atoms with Crippen molar-refractivity contribution in [1.82, 2.24) is 15.3 Å². The van der Waals surface area contributed by atoms with E-state index in [0.717, 1.165) is 6.07 Å². The third-order valence-corrected chi connectivity index (χ3v) is 4.26. The molecule has 0 bridgehead atoms. The SMILES string of the molecule is Cc1cc(C(=O)NCC(C)Oc2ncc(C(F)(F)F)cc2Cl)cc(NC(=O)C(C)C)n1. The predicted octanol–water partition coefficient (Wildman–Crippen LogP) is 4.25. The van der Waals surface area contributed by atoms with Crippen LogP contribution in [0.15, 0.2) is 24.4 Å². The minimum atomic E-state index is -4.56. The van der Waals surface area contributed by atoms with Gasteiger partial charge in [-0.15, -0.1) is 0 Å². The van der Waals surface area contributed by atoms with E-state index in [0.29, 0.717) is 11.9 Å². The lowest BCUT2D eigenvalue weighted by molar-refractivity contribution is -0.137. The molecule has 1 atom stereocenters. The summed E-state index contributed by atoms with van der Waals surface area (Å²) in [5.74, 6) is -0.827. The Balaban J connectivity index is 1.99. The largest absolute Gasteiger partial charge is 0.472 e. The van der Waals surface area contributed by atoms with Crippen molar-refractivity contribution in [2.75, 3.05) is 11.9 Å². The smallest absolute Gasteiger partial charge is 0.417 e. The lowest BCUT2D eigenvalue weighted by Gasteiger charge is -2.16. The number of pyridine rings is 2. The van der Waals surface area contributed by atoms with E-state index in [9.17, 15) is 22.8 Å². The molecule has 2 aromatic heterocycles. The Labute approximate surface area is 182 Å². The second-order valence-corrected chi connectivity index (χ2v) is 7.58. The molecule has 0 radical (unpaired) electrons. The molecular weight excluding hydrogens is 437 g/mol. The van der Waals surface area contributed by atoms with Crippen LogP contribution in [0, 0.1) is 12.8 Å². The van der Waals surface area contributed by atoms with E-state index >= 15 is 0 Å². The van der Waals surface area contributed by atoms with E-state index in [1.165, 1.54) is 6.07 Å². The van der Waals surface area contributed by atoms with E-state index in [1.54, 1.807) is 33.8 Å². The highest BCUT2D eigenvalue weighted by Gasteiger charge is 2.32. The number of ether oxygens (including phenoxy) is 1. The zero-order chi connectivity index (χ0) is 23.3. The van der Waals surface area contributed by atoms with E-state index < -0.39 is 23.8 Å². The molecule has 0 aliphatic carbocycles. The van der Waals surface area contributed by atoms with Crippen LogP contribution in [0.4, 0.5) is 19.0 Å². The maximum atomic E-state index is 12.7. The predicted molar refractivity (Wildman–Crippen MR) is 109 cm³/mol. The first-order valence-electron chi connectivity index (χ1n) is 9.34. The number of aryl methyl sites for hydroxylation is 1. The normalized spacial score (nSPS) is 12.4. The topological polar surface area (TPSA) is 93.2 Å². The Morgan fingerprint density at radius 3 is 2.45 bits per heavy atom. The highest BCUT2D eigenvalue weighted by Crippen LogP contribution is 2.33. The number of anilines is 1. The lowest BCUT2D eigenvalue weighted by Crippen LogP contribution is -2.34. The van der Waals surface area contributed by atoms with Gasteiger partial charge in [0.25, 0.3) is 5.91 Å². The van der Waals surface area contributed by atoms with Crippen molar-refractivity contribution in [3.8, 4) is 5.88 Å². The number of alkyl halides is 3. The molecule has 31 heavy (non-hydrogen) atoms. The van der Waals surface area contributed by atoms with Crippen molar-refractivity contribution in [2.45, 2.75) is 40.0 Å². The van der Waals surface area contributed by atoms with Gasteiger partial charge in [-0.25, -0.2) is 9.97 Å². The monoisotopic (exact) mass is 458 g/mol. The van der Waals surface area contributed by atoms with Gasteiger partial charge in [0.2, 0.25) is 11.8 Å². The minimum absolute atomic E-state index is 0.0346. The molecule has 2 rings (SSSR count). The number of halogens is 4. The summed E-state index contributed by atoms with van der Waals surface area (Å²) < 4.78 is 43.5. The Morgan fingerprint density at radius 2 is 1.87 bits per heavy atom. The Bertz CT molecular complexity index is 967. The van der Waals surface area contributed by atoms with Crippen molar-refractivity contribution >= 4 is 29.2 Å². The summed E-state index contributed by atoms with van der Waals surface area (Å²) >= 11 is 5.82. The van der Waals surface area contributed by atoms with Crippen LogP contribution in [0.5, 0.6) is 5.88 Å². The molecule has 0 fully saturated rings. The molecule has 2 amide bonds. The first-order valence-corrected chi connectivity index (χ1v) is 9.71. The summed E-state index contributed by atoms with van der Waals surface area (Å²) in [6.45, 7) is 6.79. The van der Waals surface area contributed by atoms with Gasteiger partial charge in [0.05, 0.1) is 12.1 Å². The maximum Gasteiger partial charge on any atom is 0.417 e. The average molecular weight is 459 g/mol. The third kappa shape index (κ3) is 7.09. The second-order valence-electron chi connectivity index (χ2n) is 7.17. The number of nitrogens with zero attached hydrogens (tertiary/aromatic N) is 2. The number of rotatable bonds is 7. The van der Waals surface area contributed by atoms with Crippen LogP contribution in [0.25, 0.3) is 0 Å². The van der Waals surface area contributed by atoms with Crippen LogP contribution < -0.4 is 15.4 Å². The van der Waals surface area contributed by atoms with Gasteiger partial charge in [-0.1, -0.05) is 25.4 Å². The van der Waals surface area contributed by atoms with Crippen LogP contribution in [0.2, 0.25) is 5.02 Å². The summed E-state index contributed by atoms with van der Waals surface area (Å²) in [4.78, 5) is 32.1. The zero-order valence-corrected chi connectivity index (χ0v) is 18.1. The fourth-order valence-corrected chi connectivity index (χ4v) is 2.58. The molecule has 2 N–H and O–H groups in total. The molecule has 7 nitrogen and oxygen atoms in total. The molecule has 168 valence electrons. The molecule has 0 aliphatic rings. The highest BCUT2D eigenvalue weighted by molar-refractivity contribution is 6.31. The number of hydrogen-bond donors (Lipinski definition) is 2. The molecule has 0 aliphatic heterocycles. The molecule has 0 aromatic carbocycles. The van der Waals surface area contributed by atoms with Gasteiger partial charge in [-0.05, 0) is 32.0 Å². The van der Waals surface area contributed by atoms with E-state index in [1.807, 2.05) is 0 Å². The second kappa shape index (κ2) is 9.95. The van der Waals surface area contributed by atoms with Crippen molar-refractivity contribution < 1.29 is 27.5 Å². The van der Waals surface area contributed by atoms with Gasteiger partial charge in [-0.3, -0.25) is 9.59 Å². The van der Waals surface area contributed by atoms with Crippen LogP contribution in [0.1, 0.15) is 42.4 Å². The van der Waals surface area contributed by atoms with Crippen molar-refractivity contribution in [3.05, 3.63) is 46.2 Å². The number of aromatic nitrogens is 2. The summed E-state index contributed by atoms with van der Waals surface area (Å²) in [6, 6.07) is 3.73. The molecule has 2 heterocycles. The van der Waals surface area contributed by atoms with Gasteiger partial charge in [0.15, 0.2) is 0 Å². The Hall–Kier alpha value is -2.88. The number of nitrogens with one attached hydrogen (secondary N) is 2. The van der Waals surface area contributed by atoms with Gasteiger partial charge >= 0.3 is 6.18 Å². The Kier molecular flexibility index (Phi) is 7.83. The zero-order valence-electron chi connectivity index (χ0n) is 17.3. The fourth-order valence-electron chi connectivity index (χ4n) is 2.37. The standard InChI is InChI=1S/C20H22ClF3N4O3/c1-10(2)17(29)28-16-6-13(5-11(3)27-16)18(30)25-8-12(4)31-19-15(21)7-14(9-26-19)20(22,23)24/h5-7,9-10,12H,8H2,1-4H3,(H,25,30)(H,27,28,29). The molecular formula is C20H22ClF3N4O3. The van der Waals surface area contributed by atoms with Crippen LogP contribution in [-0.4, -0.2) is 34.4 Å². The van der Waals surface area contributed by atoms with Crippen molar-refractivity contribution in [2.24, 2.45) is 5.92 Å². The molecule has 0 saturated heterocycles. The van der Waals surface area contributed by atoms with Gasteiger partial charge in [-0.2, -0.15) is 13.2 Å². The quantitative estimate of drug-likeness (QED) is 0.647. The Morgan fingerprint density at radius 1 is 1.19 bits per heavy atom. The molecule has 1 unspecified atom stereocenters. The number of hydrogen-bond acceptors (Lipinski definition) is 5. The van der Waals surface area contributed by atoms with Crippen LogP contribution in [0.3, 0.4) is 0 Å². The maximum absolute atomic E-state index is 12.7. The number of carbonyl (C=O) groups is 2. The molecule has 11 heteroatoms. The van der Waals surface area contributed by atoms with E-state index in [4.69, 9.17) is 16.3 Å². The van der Waals surface area contributed by atoms with E-state index in [2.05, 4.69) is 20.6 Å². The molecule has 0 spiro atoms. The van der Waals surface area contributed by atoms with Crippen molar-refractivity contribution in [3.63, 3.8) is 0 Å². The van der Waals surface area contributed by atoms with Crippen molar-refractivity contribution in [1.29, 1.82) is 0 Å². The fraction of sp³-hybridized carbons (Fsp3) is 0.400. The molecule has 2 aromatic rings. The number of carbonyl (C=O) groups excluding carboxylic acids is 2. The summed E-state index contributed by atoms with van der Waals surface area (Å²) in [5, 5.41) is 5.00. The van der Waals surface area contributed by atoms with Crippen LogP contribution >= 0.6 is 11.6 Å². The molecule has 0 saturated carbocycles. The van der Waals surface area contributed by atoms with Gasteiger partial charge < -0.3 is 15.4 Å². The lowest BCUT2D eigenvalue weighted by atomic mass is 10.2. The first-order chi connectivity index (χ1) is 14.4. The summed E-state index contributed by atoms with van der Waals surface area (Å²) in [7, 11) is 0. The summed E-state index contributed by atoms with van der Waals surface area (Å²) in [6.07, 6.45) is -4.57. The summed E-state index contributed by atoms with van der Waals surface area (Å²) in [5.41, 5.74) is -0.166.